The molecular weight excluding hydrogens is 426 g/mol. The Morgan fingerprint density at radius 3 is 1.09 bits per heavy atom. The summed E-state index contributed by atoms with van der Waals surface area (Å²) >= 11 is 0. The van der Waals surface area contributed by atoms with Gasteiger partial charge < -0.3 is 46.6 Å². The maximum absolute atomic E-state index is 13.1. The first-order valence-electron chi connectivity index (χ1n) is 12.1. The van der Waals surface area contributed by atoms with Gasteiger partial charge in [0.2, 0.25) is 0 Å². The minimum Gasteiger partial charge on any atom is -0.336 e. The third-order valence-corrected chi connectivity index (χ3v) is 7.72. The van der Waals surface area contributed by atoms with Crippen molar-refractivity contribution < 1.29 is 14.4 Å². The largest absolute Gasteiger partial charge is 0.336 e. The summed E-state index contributed by atoms with van der Waals surface area (Å²) < 4.78 is 0. The molecule has 4 aliphatic heterocycles. The lowest BCUT2D eigenvalue weighted by Crippen LogP contribution is -2.51. The Bertz CT molecular complexity index is 643. The number of nitrogens with one attached hydrogen (secondary N) is 6. The lowest BCUT2D eigenvalue weighted by Gasteiger charge is -2.28. The van der Waals surface area contributed by atoms with E-state index in [1.165, 1.54) is 0 Å². The lowest BCUT2D eigenvalue weighted by atomic mass is 10.1. The van der Waals surface area contributed by atoms with E-state index in [2.05, 4.69) is 31.9 Å². The number of urea groups is 3. The van der Waals surface area contributed by atoms with Crippen molar-refractivity contribution >= 4 is 18.1 Å². The van der Waals surface area contributed by atoms with Gasteiger partial charge in [0.15, 0.2) is 0 Å². The summed E-state index contributed by atoms with van der Waals surface area (Å²) in [5, 5.41) is 18.9. The number of carbonyl (C=O) groups excluding carboxylic acids is 3. The summed E-state index contributed by atoms with van der Waals surface area (Å²) in [7, 11) is 5.69. The molecule has 6 atom stereocenters. The van der Waals surface area contributed by atoms with Gasteiger partial charge in [-0.25, -0.2) is 14.4 Å². The van der Waals surface area contributed by atoms with Gasteiger partial charge in [-0.3, -0.25) is 0 Å². The summed E-state index contributed by atoms with van der Waals surface area (Å²) in [6.07, 6.45) is 2.35. The predicted molar refractivity (Wildman–Crippen MR) is 124 cm³/mol. The molecule has 0 aliphatic carbocycles. The molecule has 4 saturated heterocycles. The van der Waals surface area contributed by atoms with Crippen LogP contribution in [0.4, 0.5) is 14.4 Å². The molecule has 33 heavy (non-hydrogen) atoms. The highest BCUT2D eigenvalue weighted by Gasteiger charge is 2.40. The Labute approximate surface area is 195 Å². The van der Waals surface area contributed by atoms with Crippen LogP contribution in [0, 0.1) is 0 Å². The van der Waals surface area contributed by atoms with Crippen molar-refractivity contribution in [1.29, 1.82) is 0 Å². The molecule has 0 saturated carbocycles. The quantitative estimate of drug-likeness (QED) is 0.289. The fraction of sp³-hybridized carbons (Fsp3) is 0.857. The molecule has 0 aromatic rings. The van der Waals surface area contributed by atoms with Crippen molar-refractivity contribution in [1.82, 2.24) is 46.6 Å². The zero-order valence-electron chi connectivity index (χ0n) is 19.9. The molecule has 6 N–H and O–H groups in total. The second-order valence-electron chi connectivity index (χ2n) is 9.64. The van der Waals surface area contributed by atoms with Crippen molar-refractivity contribution in [3.05, 3.63) is 0 Å². The topological polar surface area (TPSA) is 133 Å². The first kappa shape index (κ1) is 23.8. The van der Waals surface area contributed by atoms with Crippen LogP contribution in [-0.2, 0) is 0 Å². The van der Waals surface area contributed by atoms with E-state index >= 15 is 0 Å². The molecule has 0 aromatic heterocycles. The Balaban J connectivity index is 1.55. The molecule has 12 nitrogen and oxygen atoms in total. The average molecular weight is 466 g/mol. The smallest absolute Gasteiger partial charge is 0.317 e. The molecule has 0 radical (unpaired) electrons. The number of fused-ring (bicyclic) bond motifs is 3. The maximum Gasteiger partial charge on any atom is 0.317 e. The number of carbonyl (C=O) groups is 3. The molecule has 4 heterocycles. The van der Waals surface area contributed by atoms with Crippen molar-refractivity contribution in [2.24, 2.45) is 0 Å². The van der Waals surface area contributed by atoms with E-state index in [4.69, 9.17) is 0 Å². The molecule has 4 aliphatic rings. The number of likely N-dealkylation sites (N-methyl/N-ethyl adjacent to an activating group) is 3. The van der Waals surface area contributed by atoms with E-state index in [0.29, 0.717) is 39.3 Å². The van der Waals surface area contributed by atoms with Crippen LogP contribution < -0.4 is 31.9 Å². The summed E-state index contributed by atoms with van der Waals surface area (Å²) in [5.74, 6) is 0. The van der Waals surface area contributed by atoms with Gasteiger partial charge in [-0.2, -0.15) is 0 Å². The average Bonchev–Trinajstić information content (AvgIpc) is 3.54. The third kappa shape index (κ3) is 5.12. The number of rotatable bonds is 3. The minimum absolute atomic E-state index is 0.0813. The SMILES string of the molecule is CN[C@@H]1CC2CNC(=O)N3C[C@H](NC)CC3CNC(=O)N3C[C@H](NC)CC3CNC(=O)N2C1. The standard InChI is InChI=1S/C21H39N9O3/c1-22-13-4-16-7-25-20(32)29-11-15(24-3)6-18(29)9-27-21(33)30-12-14(23-2)5-17(30)8-26-19(31)28(16)10-13/h13-18,22-24H,4-12H2,1-3H3,(H,25,32)(H,26,31)(H,27,33)/t13-,14-,15-,16?,17?,18?/m1/s1. The first-order chi connectivity index (χ1) is 15.9. The molecular formula is C21H39N9O3. The highest BCUT2D eigenvalue weighted by Crippen LogP contribution is 2.22. The molecule has 12 heteroatoms. The number of amides is 6. The normalized spacial score (nSPS) is 35.7. The van der Waals surface area contributed by atoms with Gasteiger partial charge >= 0.3 is 18.1 Å². The summed E-state index contributed by atoms with van der Waals surface area (Å²) in [5.41, 5.74) is 0. The van der Waals surface area contributed by atoms with Crippen LogP contribution in [0.2, 0.25) is 0 Å². The maximum atomic E-state index is 13.1. The zero-order valence-corrected chi connectivity index (χ0v) is 19.9. The summed E-state index contributed by atoms with van der Waals surface area (Å²) in [6, 6.07) is -0.128. The predicted octanol–water partition coefficient (Wildman–Crippen LogP) is -1.88. The Morgan fingerprint density at radius 2 is 0.848 bits per heavy atom. The van der Waals surface area contributed by atoms with Gasteiger partial charge in [-0.15, -0.1) is 0 Å². The van der Waals surface area contributed by atoms with Crippen molar-refractivity contribution in [3.63, 3.8) is 0 Å². The van der Waals surface area contributed by atoms with Crippen LogP contribution in [0.15, 0.2) is 0 Å². The van der Waals surface area contributed by atoms with Crippen LogP contribution in [0.1, 0.15) is 19.3 Å². The molecule has 0 aromatic carbocycles. The van der Waals surface area contributed by atoms with Gasteiger partial charge in [0.1, 0.15) is 0 Å². The second-order valence-corrected chi connectivity index (χ2v) is 9.64. The lowest BCUT2D eigenvalue weighted by molar-refractivity contribution is 0.179. The fourth-order valence-corrected chi connectivity index (χ4v) is 5.62. The Morgan fingerprint density at radius 1 is 0.576 bits per heavy atom. The molecule has 6 amide bonds. The van der Waals surface area contributed by atoms with Gasteiger partial charge in [0, 0.05) is 57.4 Å². The zero-order chi connectivity index (χ0) is 23.5. The number of nitrogens with zero attached hydrogens (tertiary/aromatic N) is 3. The van der Waals surface area contributed by atoms with Crippen LogP contribution in [0.25, 0.3) is 0 Å². The van der Waals surface area contributed by atoms with Gasteiger partial charge in [0.25, 0.3) is 0 Å². The van der Waals surface area contributed by atoms with Crippen molar-refractivity contribution in [3.8, 4) is 0 Å². The minimum atomic E-state index is -0.149. The molecule has 0 bridgehead atoms. The van der Waals surface area contributed by atoms with E-state index in [9.17, 15) is 14.4 Å². The van der Waals surface area contributed by atoms with E-state index in [1.54, 1.807) is 0 Å². The van der Waals surface area contributed by atoms with E-state index in [-0.39, 0.29) is 54.3 Å². The third-order valence-electron chi connectivity index (χ3n) is 7.72. The number of hydrogen-bond donors (Lipinski definition) is 6. The van der Waals surface area contributed by atoms with Gasteiger partial charge in [-0.05, 0) is 40.4 Å². The summed E-state index contributed by atoms with van der Waals surface area (Å²) in [4.78, 5) is 44.7. The van der Waals surface area contributed by atoms with Crippen LogP contribution in [0.3, 0.4) is 0 Å². The monoisotopic (exact) mass is 465 g/mol. The van der Waals surface area contributed by atoms with Crippen LogP contribution in [-0.4, -0.2) is 129 Å². The molecule has 4 fully saturated rings. The molecule has 0 spiro atoms. The second kappa shape index (κ2) is 10.3. The highest BCUT2D eigenvalue weighted by atomic mass is 16.2. The van der Waals surface area contributed by atoms with Gasteiger partial charge in [-0.1, -0.05) is 0 Å². The Hall–Kier alpha value is -2.31. The number of hydrogen-bond acceptors (Lipinski definition) is 6. The highest BCUT2D eigenvalue weighted by molar-refractivity contribution is 5.78. The molecule has 186 valence electrons. The fourth-order valence-electron chi connectivity index (χ4n) is 5.62. The molecule has 3 unspecified atom stereocenters. The first-order valence-corrected chi connectivity index (χ1v) is 12.1. The van der Waals surface area contributed by atoms with E-state index in [1.807, 2.05) is 35.8 Å². The van der Waals surface area contributed by atoms with E-state index < -0.39 is 0 Å². The van der Waals surface area contributed by atoms with Gasteiger partial charge in [0.05, 0.1) is 18.1 Å². The van der Waals surface area contributed by atoms with Crippen molar-refractivity contribution in [2.45, 2.75) is 55.5 Å². The molecule has 4 rings (SSSR count). The van der Waals surface area contributed by atoms with Crippen molar-refractivity contribution in [2.75, 3.05) is 60.4 Å². The van der Waals surface area contributed by atoms with E-state index in [0.717, 1.165) is 19.3 Å². The van der Waals surface area contributed by atoms with Crippen LogP contribution in [0.5, 0.6) is 0 Å². The Kier molecular flexibility index (Phi) is 7.45. The van der Waals surface area contributed by atoms with Crippen LogP contribution >= 0.6 is 0 Å². The summed E-state index contributed by atoms with van der Waals surface area (Å²) in [6.45, 7) is 2.98.